The summed E-state index contributed by atoms with van der Waals surface area (Å²) in [6.07, 6.45) is 2.07. The molecule has 0 aromatic heterocycles. The highest BCUT2D eigenvalue weighted by Gasteiger charge is 2.25. The van der Waals surface area contributed by atoms with Gasteiger partial charge in [0, 0.05) is 6.54 Å². The highest BCUT2D eigenvalue weighted by Crippen LogP contribution is 2.28. The van der Waals surface area contributed by atoms with Gasteiger partial charge in [-0.2, -0.15) is 0 Å². The second-order valence-corrected chi connectivity index (χ2v) is 6.23. The van der Waals surface area contributed by atoms with E-state index in [2.05, 4.69) is 4.72 Å². The van der Waals surface area contributed by atoms with Crippen molar-refractivity contribution in [3.63, 3.8) is 0 Å². The van der Waals surface area contributed by atoms with Crippen LogP contribution < -0.4 is 9.46 Å². The molecule has 1 aromatic carbocycles. The highest BCUT2D eigenvalue weighted by atomic mass is 32.2. The molecule has 1 aromatic rings. The van der Waals surface area contributed by atoms with Crippen LogP contribution in [-0.2, 0) is 10.0 Å². The number of carbonyl (C=O) groups is 1. The quantitative estimate of drug-likeness (QED) is 0.816. The van der Waals surface area contributed by atoms with Crippen LogP contribution in [0.15, 0.2) is 23.1 Å². The van der Waals surface area contributed by atoms with Crippen LogP contribution in [-0.4, -0.2) is 33.1 Å². The van der Waals surface area contributed by atoms with Crippen molar-refractivity contribution in [2.75, 3.05) is 13.7 Å². The van der Waals surface area contributed by atoms with Gasteiger partial charge >= 0.3 is 5.97 Å². The third-order valence-corrected chi connectivity index (χ3v) is 4.39. The largest absolute Gasteiger partial charge is 0.496 e. The van der Waals surface area contributed by atoms with E-state index in [4.69, 9.17) is 9.84 Å². The molecule has 0 heterocycles. The minimum Gasteiger partial charge on any atom is -0.496 e. The van der Waals surface area contributed by atoms with Crippen molar-refractivity contribution in [2.45, 2.75) is 17.7 Å². The number of ether oxygens (including phenoxy) is 1. The Kier molecular flexibility index (Phi) is 3.77. The molecule has 2 N–H and O–H groups in total. The fraction of sp³-hybridized carbons (Fsp3) is 0.417. The summed E-state index contributed by atoms with van der Waals surface area (Å²) in [6.45, 7) is 0.400. The molecule has 1 fully saturated rings. The SMILES string of the molecule is COc1ccc(S(=O)(=O)NCC2CC2)cc1C(=O)O. The number of hydrogen-bond donors (Lipinski definition) is 2. The van der Waals surface area contributed by atoms with Gasteiger partial charge in [-0.15, -0.1) is 0 Å². The summed E-state index contributed by atoms with van der Waals surface area (Å²) in [6, 6.07) is 3.78. The molecule has 0 aliphatic heterocycles. The van der Waals surface area contributed by atoms with E-state index in [1.165, 1.54) is 19.2 Å². The summed E-state index contributed by atoms with van der Waals surface area (Å²) in [5, 5.41) is 9.02. The second kappa shape index (κ2) is 5.18. The van der Waals surface area contributed by atoms with Crippen LogP contribution in [0.5, 0.6) is 5.75 Å². The summed E-state index contributed by atoms with van der Waals surface area (Å²) in [4.78, 5) is 11.0. The van der Waals surface area contributed by atoms with E-state index in [0.717, 1.165) is 18.9 Å². The lowest BCUT2D eigenvalue weighted by molar-refractivity contribution is 0.0693. The summed E-state index contributed by atoms with van der Waals surface area (Å²) >= 11 is 0. The minimum absolute atomic E-state index is 0.0636. The van der Waals surface area contributed by atoms with Crippen molar-refractivity contribution >= 4 is 16.0 Å². The first-order chi connectivity index (χ1) is 8.94. The zero-order valence-electron chi connectivity index (χ0n) is 10.4. The van der Waals surface area contributed by atoms with Crippen LogP contribution >= 0.6 is 0 Å². The van der Waals surface area contributed by atoms with E-state index < -0.39 is 16.0 Å². The number of sulfonamides is 1. The summed E-state index contributed by atoms with van der Waals surface area (Å²) in [5.74, 6) is -0.684. The molecule has 0 saturated heterocycles. The average Bonchev–Trinajstić information content (AvgIpc) is 3.19. The Morgan fingerprint density at radius 2 is 2.16 bits per heavy atom. The fourth-order valence-corrected chi connectivity index (χ4v) is 2.80. The number of carboxylic acids is 1. The molecule has 1 aliphatic rings. The maximum atomic E-state index is 12.0. The first-order valence-electron chi connectivity index (χ1n) is 5.85. The van der Waals surface area contributed by atoms with E-state index in [-0.39, 0.29) is 16.2 Å². The van der Waals surface area contributed by atoms with Crippen molar-refractivity contribution in [3.8, 4) is 5.75 Å². The molecule has 19 heavy (non-hydrogen) atoms. The highest BCUT2D eigenvalue weighted by molar-refractivity contribution is 7.89. The van der Waals surface area contributed by atoms with Crippen LogP contribution in [0, 0.1) is 5.92 Å². The number of carboxylic acid groups (broad SMARTS) is 1. The summed E-state index contributed by atoms with van der Waals surface area (Å²) < 4.78 is 31.4. The lowest BCUT2D eigenvalue weighted by atomic mass is 10.2. The molecule has 104 valence electrons. The zero-order valence-corrected chi connectivity index (χ0v) is 11.2. The van der Waals surface area contributed by atoms with Gasteiger partial charge < -0.3 is 9.84 Å². The molecule has 0 spiro atoms. The second-order valence-electron chi connectivity index (χ2n) is 4.46. The van der Waals surface area contributed by atoms with Crippen LogP contribution in [0.3, 0.4) is 0 Å². The predicted molar refractivity (Wildman–Crippen MR) is 67.9 cm³/mol. The molecule has 2 rings (SSSR count). The molecule has 0 atom stereocenters. The number of rotatable bonds is 6. The Hall–Kier alpha value is -1.60. The van der Waals surface area contributed by atoms with Gasteiger partial charge in [-0.1, -0.05) is 0 Å². The van der Waals surface area contributed by atoms with Crippen LogP contribution in [0.1, 0.15) is 23.2 Å². The molecule has 0 bridgehead atoms. The Balaban J connectivity index is 2.28. The van der Waals surface area contributed by atoms with Gasteiger partial charge in [0.2, 0.25) is 10.0 Å². The molecule has 1 saturated carbocycles. The molecular weight excluding hydrogens is 270 g/mol. The number of methoxy groups -OCH3 is 1. The lowest BCUT2D eigenvalue weighted by Crippen LogP contribution is -2.26. The third-order valence-electron chi connectivity index (χ3n) is 2.97. The molecule has 6 nitrogen and oxygen atoms in total. The smallest absolute Gasteiger partial charge is 0.339 e. The van der Waals surface area contributed by atoms with Crippen molar-refractivity contribution in [1.82, 2.24) is 4.72 Å². The first kappa shape index (κ1) is 13.8. The van der Waals surface area contributed by atoms with Gasteiger partial charge in [-0.3, -0.25) is 0 Å². The monoisotopic (exact) mass is 285 g/mol. The molecule has 0 radical (unpaired) electrons. The van der Waals surface area contributed by atoms with E-state index in [0.29, 0.717) is 12.5 Å². The maximum Gasteiger partial charge on any atom is 0.339 e. The van der Waals surface area contributed by atoms with E-state index in [1.54, 1.807) is 0 Å². The lowest BCUT2D eigenvalue weighted by Gasteiger charge is -2.09. The van der Waals surface area contributed by atoms with E-state index in [1.807, 2.05) is 0 Å². The molecule has 1 aliphatic carbocycles. The fourth-order valence-electron chi connectivity index (χ4n) is 1.65. The van der Waals surface area contributed by atoms with Gasteiger partial charge in [0.15, 0.2) is 0 Å². The molecule has 0 unspecified atom stereocenters. The number of hydrogen-bond acceptors (Lipinski definition) is 4. The third kappa shape index (κ3) is 3.24. The van der Waals surface area contributed by atoms with Crippen molar-refractivity contribution in [1.29, 1.82) is 0 Å². The first-order valence-corrected chi connectivity index (χ1v) is 7.33. The predicted octanol–water partition coefficient (Wildman–Crippen LogP) is 1.08. The summed E-state index contributed by atoms with van der Waals surface area (Å²) in [5.41, 5.74) is -0.170. The van der Waals surface area contributed by atoms with Gasteiger partial charge in [0.25, 0.3) is 0 Å². The number of nitrogens with one attached hydrogen (secondary N) is 1. The van der Waals surface area contributed by atoms with E-state index in [9.17, 15) is 13.2 Å². The normalized spacial score (nSPS) is 15.2. The van der Waals surface area contributed by atoms with E-state index >= 15 is 0 Å². The van der Waals surface area contributed by atoms with Crippen molar-refractivity contribution in [2.24, 2.45) is 5.92 Å². The average molecular weight is 285 g/mol. The van der Waals surface area contributed by atoms with Crippen LogP contribution in [0.4, 0.5) is 0 Å². The van der Waals surface area contributed by atoms with Gasteiger partial charge in [0.05, 0.1) is 12.0 Å². The van der Waals surface area contributed by atoms with Crippen LogP contribution in [0.2, 0.25) is 0 Å². The Bertz CT molecular complexity index is 592. The molecule has 7 heteroatoms. The number of benzene rings is 1. The number of aromatic carboxylic acids is 1. The molecular formula is C12H15NO5S. The van der Waals surface area contributed by atoms with Crippen LogP contribution in [0.25, 0.3) is 0 Å². The maximum absolute atomic E-state index is 12.0. The van der Waals surface area contributed by atoms with Gasteiger partial charge in [-0.25, -0.2) is 17.9 Å². The van der Waals surface area contributed by atoms with Crippen molar-refractivity contribution < 1.29 is 23.1 Å². The molecule has 0 amide bonds. The van der Waals surface area contributed by atoms with Crippen molar-refractivity contribution in [3.05, 3.63) is 23.8 Å². The van der Waals surface area contributed by atoms with Gasteiger partial charge in [0.1, 0.15) is 11.3 Å². The Morgan fingerprint density at radius 3 is 2.68 bits per heavy atom. The standard InChI is InChI=1S/C12H15NO5S/c1-18-11-5-4-9(6-10(11)12(14)15)19(16,17)13-7-8-2-3-8/h4-6,8,13H,2-3,7H2,1H3,(H,14,15). The summed E-state index contributed by atoms with van der Waals surface area (Å²) in [7, 11) is -2.33. The minimum atomic E-state index is -3.67. The van der Waals surface area contributed by atoms with Gasteiger partial charge in [-0.05, 0) is 37.0 Å². The topological polar surface area (TPSA) is 92.7 Å². The Morgan fingerprint density at radius 1 is 1.47 bits per heavy atom. The zero-order chi connectivity index (χ0) is 14.0. The Labute approximate surface area is 111 Å².